The van der Waals surface area contributed by atoms with Crippen molar-refractivity contribution in [2.24, 2.45) is 23.7 Å². The summed E-state index contributed by atoms with van der Waals surface area (Å²) in [6, 6.07) is 2.71. The lowest BCUT2D eigenvalue weighted by atomic mass is 10.0. The Morgan fingerprint density at radius 3 is 2.83 bits per heavy atom. The van der Waals surface area contributed by atoms with E-state index in [9.17, 15) is 0 Å². The van der Waals surface area contributed by atoms with Crippen LogP contribution >= 0.6 is 0 Å². The second-order valence-electron chi connectivity index (χ2n) is 6.09. The van der Waals surface area contributed by atoms with Crippen LogP contribution in [0.4, 0.5) is 5.82 Å². The summed E-state index contributed by atoms with van der Waals surface area (Å²) >= 11 is 0. The molecule has 4 unspecified atom stereocenters. The van der Waals surface area contributed by atoms with Crippen LogP contribution in [0.5, 0.6) is 0 Å². The highest BCUT2D eigenvalue weighted by atomic mass is 15.2. The second kappa shape index (κ2) is 3.05. The summed E-state index contributed by atoms with van der Waals surface area (Å²) in [5.74, 6) is 4.89. The molecular formula is C14H16N4. The standard InChI is InChI=1S/C14H16N4/c1-2-9-7-8(1)11-12(9)13(11)17-14-10-3-4-16-18(10)6-5-15-14/h3-6,8-9,11-13H,1-2,7H2,(H,15,17). The average molecular weight is 240 g/mol. The lowest BCUT2D eigenvalue weighted by Crippen LogP contribution is -2.14. The zero-order chi connectivity index (χ0) is 11.7. The third-order valence-electron chi connectivity index (χ3n) is 5.36. The summed E-state index contributed by atoms with van der Waals surface area (Å²) in [6.07, 6.45) is 9.99. The molecule has 2 aromatic heterocycles. The zero-order valence-electron chi connectivity index (χ0n) is 10.2. The highest BCUT2D eigenvalue weighted by Crippen LogP contribution is 2.66. The molecular weight excluding hydrogens is 224 g/mol. The molecule has 4 nitrogen and oxygen atoms in total. The third-order valence-corrected chi connectivity index (χ3v) is 5.36. The molecule has 3 aliphatic carbocycles. The van der Waals surface area contributed by atoms with Gasteiger partial charge in [0.15, 0.2) is 5.82 Å². The summed E-state index contributed by atoms with van der Waals surface area (Å²) in [4.78, 5) is 4.49. The maximum absolute atomic E-state index is 4.49. The molecule has 0 aromatic carbocycles. The minimum absolute atomic E-state index is 0.685. The van der Waals surface area contributed by atoms with Crippen molar-refractivity contribution in [3.8, 4) is 0 Å². The predicted octanol–water partition coefficient (Wildman–Crippen LogP) is 2.19. The molecule has 5 rings (SSSR count). The number of aromatic nitrogens is 3. The van der Waals surface area contributed by atoms with Crippen molar-refractivity contribution in [3.05, 3.63) is 24.7 Å². The third kappa shape index (κ3) is 1.06. The van der Waals surface area contributed by atoms with Crippen molar-refractivity contribution in [1.82, 2.24) is 14.6 Å². The fraction of sp³-hybridized carbons (Fsp3) is 0.571. The van der Waals surface area contributed by atoms with Crippen LogP contribution in [-0.4, -0.2) is 20.6 Å². The Kier molecular flexibility index (Phi) is 1.59. The van der Waals surface area contributed by atoms with E-state index < -0.39 is 0 Å². The summed E-state index contributed by atoms with van der Waals surface area (Å²) in [6.45, 7) is 0. The number of nitrogens with zero attached hydrogens (tertiary/aromatic N) is 3. The Morgan fingerprint density at radius 1 is 1.17 bits per heavy atom. The van der Waals surface area contributed by atoms with Crippen LogP contribution in [0.15, 0.2) is 24.7 Å². The van der Waals surface area contributed by atoms with Crippen molar-refractivity contribution in [3.63, 3.8) is 0 Å². The topological polar surface area (TPSA) is 42.2 Å². The molecule has 0 amide bonds. The van der Waals surface area contributed by atoms with Gasteiger partial charge in [-0.2, -0.15) is 5.10 Å². The van der Waals surface area contributed by atoms with Crippen molar-refractivity contribution >= 4 is 11.3 Å². The van der Waals surface area contributed by atoms with Crippen LogP contribution in [0.2, 0.25) is 0 Å². The quantitative estimate of drug-likeness (QED) is 0.875. The number of nitrogens with one attached hydrogen (secondary N) is 1. The van der Waals surface area contributed by atoms with E-state index in [1.807, 2.05) is 29.2 Å². The summed E-state index contributed by atoms with van der Waals surface area (Å²) in [5.41, 5.74) is 1.09. The number of hydrogen-bond acceptors (Lipinski definition) is 3. The maximum Gasteiger partial charge on any atom is 0.152 e. The lowest BCUT2D eigenvalue weighted by Gasteiger charge is -2.11. The molecule has 1 N–H and O–H groups in total. The first-order valence-electron chi connectivity index (χ1n) is 6.97. The Labute approximate surface area is 105 Å². The average Bonchev–Trinajstić information content (AvgIpc) is 2.84. The van der Waals surface area contributed by atoms with Gasteiger partial charge in [-0.15, -0.1) is 0 Å². The van der Waals surface area contributed by atoms with E-state index in [0.717, 1.165) is 35.0 Å². The van der Waals surface area contributed by atoms with Crippen LogP contribution in [0.1, 0.15) is 19.3 Å². The highest BCUT2D eigenvalue weighted by Gasteiger charge is 2.65. The number of fused-ring (bicyclic) bond motifs is 6. The lowest BCUT2D eigenvalue weighted by molar-refractivity contribution is 0.456. The van der Waals surface area contributed by atoms with E-state index >= 15 is 0 Å². The minimum Gasteiger partial charge on any atom is -0.365 e. The molecule has 3 fully saturated rings. The molecule has 0 aliphatic heterocycles. The number of anilines is 1. The van der Waals surface area contributed by atoms with Crippen LogP contribution in [0.3, 0.4) is 0 Å². The fourth-order valence-electron chi connectivity index (χ4n) is 4.65. The van der Waals surface area contributed by atoms with Gasteiger partial charge in [0.1, 0.15) is 5.52 Å². The van der Waals surface area contributed by atoms with Crippen LogP contribution in [-0.2, 0) is 0 Å². The Bertz CT molecular complexity index is 603. The molecule has 4 heteroatoms. The molecule has 18 heavy (non-hydrogen) atoms. The van der Waals surface area contributed by atoms with Crippen molar-refractivity contribution in [2.75, 3.05) is 5.32 Å². The molecule has 0 saturated heterocycles. The zero-order valence-corrected chi connectivity index (χ0v) is 10.2. The number of hydrogen-bond donors (Lipinski definition) is 1. The highest BCUT2D eigenvalue weighted by molar-refractivity contribution is 5.67. The first-order chi connectivity index (χ1) is 8.92. The van der Waals surface area contributed by atoms with E-state index in [-0.39, 0.29) is 0 Å². The van der Waals surface area contributed by atoms with E-state index in [4.69, 9.17) is 0 Å². The van der Waals surface area contributed by atoms with Crippen molar-refractivity contribution < 1.29 is 0 Å². The molecule has 4 atom stereocenters. The van der Waals surface area contributed by atoms with Crippen molar-refractivity contribution in [2.45, 2.75) is 25.3 Å². The Balaban J connectivity index is 1.46. The van der Waals surface area contributed by atoms with E-state index in [1.165, 1.54) is 19.3 Å². The fourth-order valence-corrected chi connectivity index (χ4v) is 4.65. The normalized spacial score (nSPS) is 40.1. The van der Waals surface area contributed by atoms with Gasteiger partial charge in [-0.05, 0) is 49.0 Å². The van der Waals surface area contributed by atoms with Crippen LogP contribution in [0, 0.1) is 23.7 Å². The van der Waals surface area contributed by atoms with Gasteiger partial charge in [0, 0.05) is 18.4 Å². The number of rotatable bonds is 2. The van der Waals surface area contributed by atoms with Crippen LogP contribution < -0.4 is 5.32 Å². The second-order valence-corrected chi connectivity index (χ2v) is 6.09. The molecule has 92 valence electrons. The Morgan fingerprint density at radius 2 is 2.00 bits per heavy atom. The summed E-state index contributed by atoms with van der Waals surface area (Å²) < 4.78 is 1.89. The maximum atomic E-state index is 4.49. The van der Waals surface area contributed by atoms with Gasteiger partial charge in [0.2, 0.25) is 0 Å². The van der Waals surface area contributed by atoms with E-state index in [1.54, 1.807) is 0 Å². The van der Waals surface area contributed by atoms with Gasteiger partial charge in [-0.3, -0.25) is 0 Å². The summed E-state index contributed by atoms with van der Waals surface area (Å²) in [5, 5.41) is 7.93. The molecule has 0 radical (unpaired) electrons. The molecule has 2 bridgehead atoms. The summed E-state index contributed by atoms with van der Waals surface area (Å²) in [7, 11) is 0. The van der Waals surface area contributed by atoms with E-state index in [2.05, 4.69) is 15.4 Å². The van der Waals surface area contributed by atoms with Gasteiger partial charge in [0.25, 0.3) is 0 Å². The van der Waals surface area contributed by atoms with Crippen molar-refractivity contribution in [1.29, 1.82) is 0 Å². The molecule has 0 spiro atoms. The monoisotopic (exact) mass is 240 g/mol. The van der Waals surface area contributed by atoms with Gasteiger partial charge in [0.05, 0.1) is 6.20 Å². The van der Waals surface area contributed by atoms with E-state index in [0.29, 0.717) is 6.04 Å². The first kappa shape index (κ1) is 9.36. The van der Waals surface area contributed by atoms with Crippen LogP contribution in [0.25, 0.3) is 5.52 Å². The Hall–Kier alpha value is -1.58. The minimum atomic E-state index is 0.685. The first-order valence-corrected chi connectivity index (χ1v) is 6.97. The molecule has 3 aliphatic rings. The SMILES string of the molecule is c1cn2nccc2c(NC2C3C4CCC(C4)C23)n1. The van der Waals surface area contributed by atoms with Gasteiger partial charge >= 0.3 is 0 Å². The molecule has 3 saturated carbocycles. The molecule has 2 heterocycles. The molecule has 2 aromatic rings. The predicted molar refractivity (Wildman–Crippen MR) is 68.2 cm³/mol. The van der Waals surface area contributed by atoms with Gasteiger partial charge in [-0.1, -0.05) is 0 Å². The largest absolute Gasteiger partial charge is 0.365 e. The van der Waals surface area contributed by atoms with Gasteiger partial charge in [-0.25, -0.2) is 9.50 Å². The van der Waals surface area contributed by atoms with Gasteiger partial charge < -0.3 is 5.32 Å². The smallest absolute Gasteiger partial charge is 0.152 e.